The lowest BCUT2D eigenvalue weighted by Crippen LogP contribution is -2.20. The van der Waals surface area contributed by atoms with Crippen molar-refractivity contribution in [2.24, 2.45) is 0 Å². The minimum absolute atomic E-state index is 0.426. The molecule has 0 radical (unpaired) electrons. The van der Waals surface area contributed by atoms with Gasteiger partial charge in [-0.15, -0.1) is 0 Å². The predicted octanol–water partition coefficient (Wildman–Crippen LogP) is 2.98. The summed E-state index contributed by atoms with van der Waals surface area (Å²) < 4.78 is 7.32. The molecule has 0 aliphatic carbocycles. The summed E-state index contributed by atoms with van der Waals surface area (Å²) in [7, 11) is 1.75. The molecule has 0 spiro atoms. The van der Waals surface area contributed by atoms with Gasteiger partial charge in [0.25, 0.3) is 0 Å². The molecule has 0 unspecified atom stereocenters. The van der Waals surface area contributed by atoms with Crippen LogP contribution in [-0.4, -0.2) is 24.8 Å². The Morgan fingerprint density at radius 1 is 1.41 bits per heavy atom. The van der Waals surface area contributed by atoms with Crippen LogP contribution in [0.5, 0.6) is 0 Å². The number of rotatable bonds is 9. The first-order chi connectivity index (χ1) is 8.27. The Morgan fingerprint density at radius 2 is 2.24 bits per heavy atom. The molecule has 3 nitrogen and oxygen atoms in total. The lowest BCUT2D eigenvalue weighted by atomic mass is 10.2. The van der Waals surface area contributed by atoms with E-state index in [1.165, 1.54) is 18.4 Å². The number of nitrogens with one attached hydrogen (secondary N) is 1. The van der Waals surface area contributed by atoms with E-state index < -0.39 is 0 Å². The fourth-order valence-electron chi connectivity index (χ4n) is 1.85. The van der Waals surface area contributed by atoms with Crippen LogP contribution < -0.4 is 5.32 Å². The third-order valence-corrected chi connectivity index (χ3v) is 3.02. The van der Waals surface area contributed by atoms with Gasteiger partial charge >= 0.3 is 0 Å². The molecular weight excluding hydrogens is 212 g/mol. The molecule has 1 atom stereocenters. The maximum Gasteiger partial charge on any atom is 0.0474 e. The van der Waals surface area contributed by atoms with Crippen molar-refractivity contribution in [2.45, 2.75) is 45.7 Å². The zero-order valence-electron chi connectivity index (χ0n) is 11.4. The average Bonchev–Trinajstić information content (AvgIpc) is 2.80. The Hall–Kier alpha value is -0.800. The molecule has 0 saturated heterocycles. The monoisotopic (exact) mass is 238 g/mol. The van der Waals surface area contributed by atoms with Gasteiger partial charge in [0, 0.05) is 38.7 Å². The fraction of sp³-hybridized carbons (Fsp3) is 0.714. The van der Waals surface area contributed by atoms with Crippen molar-refractivity contribution in [1.29, 1.82) is 0 Å². The maximum atomic E-state index is 5.03. The van der Waals surface area contributed by atoms with Crippen molar-refractivity contribution >= 4 is 0 Å². The van der Waals surface area contributed by atoms with Crippen molar-refractivity contribution in [3.63, 3.8) is 0 Å². The summed E-state index contributed by atoms with van der Waals surface area (Å²) >= 11 is 0. The number of ether oxygens (including phenoxy) is 1. The molecule has 0 amide bonds. The minimum Gasteiger partial charge on any atom is -0.385 e. The van der Waals surface area contributed by atoms with Gasteiger partial charge in [-0.1, -0.05) is 13.3 Å². The number of hydrogen-bond acceptors (Lipinski definition) is 2. The van der Waals surface area contributed by atoms with Gasteiger partial charge in [-0.05, 0) is 37.9 Å². The summed E-state index contributed by atoms with van der Waals surface area (Å²) in [6.45, 7) is 7.41. The molecule has 17 heavy (non-hydrogen) atoms. The molecule has 0 saturated carbocycles. The zero-order valence-corrected chi connectivity index (χ0v) is 11.4. The van der Waals surface area contributed by atoms with Crippen molar-refractivity contribution < 1.29 is 4.74 Å². The molecule has 1 aromatic rings. The maximum absolute atomic E-state index is 5.03. The van der Waals surface area contributed by atoms with Gasteiger partial charge in [0.15, 0.2) is 0 Å². The fourth-order valence-corrected chi connectivity index (χ4v) is 1.85. The Kier molecular flexibility index (Phi) is 6.97. The quantitative estimate of drug-likeness (QED) is 0.669. The van der Waals surface area contributed by atoms with E-state index in [2.05, 4.69) is 42.2 Å². The molecule has 1 aromatic heterocycles. The second-order valence-corrected chi connectivity index (χ2v) is 4.56. The molecule has 1 N–H and O–H groups in total. The minimum atomic E-state index is 0.426. The summed E-state index contributed by atoms with van der Waals surface area (Å²) in [4.78, 5) is 0. The van der Waals surface area contributed by atoms with Gasteiger partial charge in [-0.25, -0.2) is 0 Å². The summed E-state index contributed by atoms with van der Waals surface area (Å²) in [5.74, 6) is 0. The highest BCUT2D eigenvalue weighted by atomic mass is 16.5. The highest BCUT2D eigenvalue weighted by Crippen LogP contribution is 2.13. The van der Waals surface area contributed by atoms with Crippen LogP contribution in [0.25, 0.3) is 0 Å². The summed E-state index contributed by atoms with van der Waals surface area (Å²) in [5, 5.41) is 3.51. The molecule has 98 valence electrons. The van der Waals surface area contributed by atoms with Crippen molar-refractivity contribution in [2.75, 3.05) is 20.3 Å². The molecule has 1 rings (SSSR count). The molecule has 0 aliphatic rings. The van der Waals surface area contributed by atoms with E-state index in [0.29, 0.717) is 6.04 Å². The third-order valence-electron chi connectivity index (χ3n) is 3.02. The number of nitrogens with zero attached hydrogens (tertiary/aromatic N) is 1. The standard InChI is InChI=1S/C14H26N2O/c1-4-5-9-16-10-7-14(12-16)13(2)15-8-6-11-17-3/h7,10,12-13,15H,4-6,8-9,11H2,1-3H3/t13-/m1/s1. The molecule has 0 aliphatic heterocycles. The Balaban J connectivity index is 2.30. The molecule has 1 heterocycles. The van der Waals surface area contributed by atoms with Gasteiger partial charge < -0.3 is 14.6 Å². The molecule has 0 fully saturated rings. The first kappa shape index (κ1) is 14.3. The number of aromatic nitrogens is 1. The first-order valence-corrected chi connectivity index (χ1v) is 6.66. The van der Waals surface area contributed by atoms with E-state index in [4.69, 9.17) is 4.74 Å². The summed E-state index contributed by atoms with van der Waals surface area (Å²) in [5.41, 5.74) is 1.37. The number of hydrogen-bond donors (Lipinski definition) is 1. The lowest BCUT2D eigenvalue weighted by Gasteiger charge is -2.12. The molecule has 0 bridgehead atoms. The van der Waals surface area contributed by atoms with Crippen LogP contribution in [-0.2, 0) is 11.3 Å². The van der Waals surface area contributed by atoms with Crippen molar-refractivity contribution in [3.8, 4) is 0 Å². The van der Waals surface area contributed by atoms with E-state index in [0.717, 1.165) is 26.1 Å². The Morgan fingerprint density at radius 3 is 2.94 bits per heavy atom. The second-order valence-electron chi connectivity index (χ2n) is 4.56. The highest BCUT2D eigenvalue weighted by Gasteiger charge is 2.05. The Labute approximate surface area is 105 Å². The number of unbranched alkanes of at least 4 members (excludes halogenated alkanes) is 1. The van der Waals surface area contributed by atoms with Crippen LogP contribution >= 0.6 is 0 Å². The summed E-state index contributed by atoms with van der Waals surface area (Å²) in [6.07, 6.45) is 8.00. The topological polar surface area (TPSA) is 26.2 Å². The van der Waals surface area contributed by atoms with E-state index in [9.17, 15) is 0 Å². The first-order valence-electron chi connectivity index (χ1n) is 6.66. The van der Waals surface area contributed by atoms with Gasteiger partial charge in [0.2, 0.25) is 0 Å². The van der Waals surface area contributed by atoms with Crippen LogP contribution in [0.4, 0.5) is 0 Å². The number of aryl methyl sites for hydroxylation is 1. The normalized spacial score (nSPS) is 12.9. The van der Waals surface area contributed by atoms with E-state index in [1.807, 2.05) is 0 Å². The van der Waals surface area contributed by atoms with Crippen molar-refractivity contribution in [1.82, 2.24) is 9.88 Å². The van der Waals surface area contributed by atoms with Gasteiger partial charge in [0.05, 0.1) is 0 Å². The highest BCUT2D eigenvalue weighted by molar-refractivity contribution is 5.14. The molecular formula is C14H26N2O. The Bertz CT molecular complexity index is 296. The predicted molar refractivity (Wildman–Crippen MR) is 72.3 cm³/mol. The number of methoxy groups -OCH3 is 1. The third kappa shape index (κ3) is 5.37. The summed E-state index contributed by atoms with van der Waals surface area (Å²) in [6, 6.07) is 2.64. The van der Waals surface area contributed by atoms with Crippen LogP contribution in [0.2, 0.25) is 0 Å². The van der Waals surface area contributed by atoms with Crippen LogP contribution in [0, 0.1) is 0 Å². The molecule has 3 heteroatoms. The largest absolute Gasteiger partial charge is 0.385 e. The smallest absolute Gasteiger partial charge is 0.0474 e. The van der Waals surface area contributed by atoms with Crippen LogP contribution in [0.15, 0.2) is 18.5 Å². The SMILES string of the molecule is CCCCn1ccc([C@@H](C)NCCCOC)c1. The van der Waals surface area contributed by atoms with Crippen LogP contribution in [0.3, 0.4) is 0 Å². The van der Waals surface area contributed by atoms with Gasteiger partial charge in [-0.3, -0.25) is 0 Å². The molecule has 0 aromatic carbocycles. The zero-order chi connectivity index (χ0) is 12.5. The van der Waals surface area contributed by atoms with E-state index in [1.54, 1.807) is 7.11 Å². The lowest BCUT2D eigenvalue weighted by molar-refractivity contribution is 0.193. The van der Waals surface area contributed by atoms with Crippen LogP contribution in [0.1, 0.15) is 44.7 Å². The van der Waals surface area contributed by atoms with Crippen molar-refractivity contribution in [3.05, 3.63) is 24.0 Å². The van der Waals surface area contributed by atoms with Gasteiger partial charge in [0.1, 0.15) is 0 Å². The van der Waals surface area contributed by atoms with E-state index >= 15 is 0 Å². The second kappa shape index (κ2) is 8.31. The van der Waals surface area contributed by atoms with E-state index in [-0.39, 0.29) is 0 Å². The van der Waals surface area contributed by atoms with Gasteiger partial charge in [-0.2, -0.15) is 0 Å². The average molecular weight is 238 g/mol.